The van der Waals surface area contributed by atoms with Crippen molar-refractivity contribution in [1.29, 1.82) is 0 Å². The molecule has 3 atom stereocenters. The van der Waals surface area contributed by atoms with Crippen molar-refractivity contribution in [1.82, 2.24) is 0 Å². The minimum Gasteiger partial charge on any atom is -0.0848 e. The SMILES string of the molecule is CC(C)(C)C1[CH]C2C=CC1C2. The first kappa shape index (κ1) is 7.39. The number of hydrogen-bond donors (Lipinski definition) is 0. The van der Waals surface area contributed by atoms with Crippen LogP contribution in [-0.4, -0.2) is 0 Å². The summed E-state index contributed by atoms with van der Waals surface area (Å²) in [5.74, 6) is 2.50. The largest absolute Gasteiger partial charge is 0.0848 e. The Morgan fingerprint density at radius 3 is 2.18 bits per heavy atom. The summed E-state index contributed by atoms with van der Waals surface area (Å²) in [7, 11) is 0. The van der Waals surface area contributed by atoms with Gasteiger partial charge in [0, 0.05) is 0 Å². The van der Waals surface area contributed by atoms with E-state index < -0.39 is 0 Å². The van der Waals surface area contributed by atoms with Crippen LogP contribution in [0.1, 0.15) is 27.2 Å². The van der Waals surface area contributed by atoms with Gasteiger partial charge in [0.2, 0.25) is 0 Å². The minimum absolute atomic E-state index is 0.476. The van der Waals surface area contributed by atoms with E-state index >= 15 is 0 Å². The molecule has 0 spiro atoms. The Kier molecular flexibility index (Phi) is 1.42. The molecular formula is C11H17. The number of hydrogen-bond acceptors (Lipinski definition) is 0. The second kappa shape index (κ2) is 2.12. The Bertz CT molecular complexity index is 183. The van der Waals surface area contributed by atoms with Gasteiger partial charge in [0.15, 0.2) is 0 Å². The van der Waals surface area contributed by atoms with Gasteiger partial charge in [0.25, 0.3) is 0 Å². The van der Waals surface area contributed by atoms with Crippen molar-refractivity contribution in [3.05, 3.63) is 18.6 Å². The van der Waals surface area contributed by atoms with Crippen LogP contribution in [0.4, 0.5) is 0 Å². The molecule has 0 aromatic carbocycles. The first-order valence-corrected chi connectivity index (χ1v) is 4.61. The zero-order chi connectivity index (χ0) is 8.06. The van der Waals surface area contributed by atoms with Crippen LogP contribution in [0.5, 0.6) is 0 Å². The van der Waals surface area contributed by atoms with Crippen LogP contribution in [-0.2, 0) is 0 Å². The van der Waals surface area contributed by atoms with Crippen molar-refractivity contribution in [2.24, 2.45) is 23.2 Å². The molecule has 2 aliphatic rings. The van der Waals surface area contributed by atoms with Crippen LogP contribution in [0, 0.1) is 29.6 Å². The number of allylic oxidation sites excluding steroid dienone is 2. The van der Waals surface area contributed by atoms with Gasteiger partial charge < -0.3 is 0 Å². The molecule has 0 saturated heterocycles. The van der Waals surface area contributed by atoms with Gasteiger partial charge >= 0.3 is 0 Å². The topological polar surface area (TPSA) is 0 Å². The van der Waals surface area contributed by atoms with Gasteiger partial charge in [-0.2, -0.15) is 0 Å². The molecule has 0 aromatic rings. The number of rotatable bonds is 0. The molecule has 2 rings (SSSR count). The van der Waals surface area contributed by atoms with Crippen molar-refractivity contribution in [2.45, 2.75) is 27.2 Å². The third-order valence-corrected chi connectivity index (χ3v) is 3.07. The Morgan fingerprint density at radius 2 is 1.91 bits per heavy atom. The molecule has 0 N–H and O–H groups in total. The molecule has 0 nitrogen and oxygen atoms in total. The monoisotopic (exact) mass is 149 g/mol. The summed E-state index contributed by atoms with van der Waals surface area (Å²) in [6.45, 7) is 7.05. The van der Waals surface area contributed by atoms with E-state index in [4.69, 9.17) is 0 Å². The van der Waals surface area contributed by atoms with Crippen molar-refractivity contribution in [2.75, 3.05) is 0 Å². The maximum Gasteiger partial charge on any atom is -0.0191 e. The van der Waals surface area contributed by atoms with Crippen molar-refractivity contribution in [3.8, 4) is 0 Å². The summed E-state index contributed by atoms with van der Waals surface area (Å²) >= 11 is 0. The molecule has 1 fully saturated rings. The summed E-state index contributed by atoms with van der Waals surface area (Å²) in [6.07, 6.45) is 8.72. The second-order valence-corrected chi connectivity index (χ2v) is 5.03. The van der Waals surface area contributed by atoms with Crippen LogP contribution in [0.25, 0.3) is 0 Å². The predicted molar refractivity (Wildman–Crippen MR) is 48.0 cm³/mol. The zero-order valence-electron chi connectivity index (χ0n) is 7.67. The highest BCUT2D eigenvalue weighted by Crippen LogP contribution is 2.49. The van der Waals surface area contributed by atoms with Gasteiger partial charge in [-0.1, -0.05) is 32.9 Å². The Morgan fingerprint density at radius 1 is 1.18 bits per heavy atom. The highest BCUT2D eigenvalue weighted by molar-refractivity contribution is 5.19. The van der Waals surface area contributed by atoms with E-state index in [2.05, 4.69) is 39.3 Å². The summed E-state index contributed by atoms with van der Waals surface area (Å²) in [5.41, 5.74) is 0.476. The highest BCUT2D eigenvalue weighted by Gasteiger charge is 2.41. The smallest absolute Gasteiger partial charge is 0.0191 e. The third-order valence-electron chi connectivity index (χ3n) is 3.07. The summed E-state index contributed by atoms with van der Waals surface area (Å²) in [4.78, 5) is 0. The van der Waals surface area contributed by atoms with Gasteiger partial charge in [-0.3, -0.25) is 0 Å². The molecule has 61 valence electrons. The van der Waals surface area contributed by atoms with Gasteiger partial charge in [-0.15, -0.1) is 0 Å². The standard InChI is InChI=1S/C11H17/c1-11(2,3)10-7-8-4-5-9(10)6-8/h4-5,7-10H,6H2,1-3H3. The van der Waals surface area contributed by atoms with Crippen molar-refractivity contribution >= 4 is 0 Å². The maximum absolute atomic E-state index is 2.55. The quantitative estimate of drug-likeness (QED) is 0.464. The fraction of sp³-hybridized carbons (Fsp3) is 0.727. The van der Waals surface area contributed by atoms with Gasteiger partial charge in [-0.25, -0.2) is 0 Å². The van der Waals surface area contributed by atoms with Crippen LogP contribution in [0.2, 0.25) is 0 Å². The average Bonchev–Trinajstić information content (AvgIpc) is 2.42. The lowest BCUT2D eigenvalue weighted by atomic mass is 9.73. The van der Waals surface area contributed by atoms with Crippen molar-refractivity contribution in [3.63, 3.8) is 0 Å². The fourth-order valence-electron chi connectivity index (χ4n) is 2.51. The number of fused-ring (bicyclic) bond motifs is 2. The summed E-state index contributed by atoms with van der Waals surface area (Å²) < 4.78 is 0. The predicted octanol–water partition coefficient (Wildman–Crippen LogP) is 3.06. The van der Waals surface area contributed by atoms with Crippen LogP contribution in [0.3, 0.4) is 0 Å². The van der Waals surface area contributed by atoms with E-state index in [1.54, 1.807) is 0 Å². The van der Waals surface area contributed by atoms with Crippen LogP contribution in [0.15, 0.2) is 12.2 Å². The van der Waals surface area contributed by atoms with E-state index in [0.717, 1.165) is 17.8 Å². The molecule has 1 saturated carbocycles. The first-order valence-electron chi connectivity index (χ1n) is 4.61. The van der Waals surface area contributed by atoms with Crippen LogP contribution < -0.4 is 0 Å². The molecule has 0 amide bonds. The summed E-state index contributed by atoms with van der Waals surface area (Å²) in [5, 5.41) is 0. The lowest BCUT2D eigenvalue weighted by Gasteiger charge is -2.31. The molecule has 2 aliphatic carbocycles. The first-order chi connectivity index (χ1) is 5.07. The van der Waals surface area contributed by atoms with E-state index in [-0.39, 0.29) is 0 Å². The molecular weight excluding hydrogens is 132 g/mol. The van der Waals surface area contributed by atoms with E-state index in [9.17, 15) is 0 Å². The van der Waals surface area contributed by atoms with Gasteiger partial charge in [-0.05, 0) is 36.0 Å². The molecule has 1 radical (unpaired) electrons. The molecule has 0 aliphatic heterocycles. The third kappa shape index (κ3) is 1.13. The van der Waals surface area contributed by atoms with Gasteiger partial charge in [0.1, 0.15) is 0 Å². The van der Waals surface area contributed by atoms with Crippen molar-refractivity contribution < 1.29 is 0 Å². The minimum atomic E-state index is 0.476. The van der Waals surface area contributed by atoms with Gasteiger partial charge in [0.05, 0.1) is 0 Å². The van der Waals surface area contributed by atoms with E-state index in [1.807, 2.05) is 0 Å². The Balaban J connectivity index is 2.15. The second-order valence-electron chi connectivity index (χ2n) is 5.03. The summed E-state index contributed by atoms with van der Waals surface area (Å²) in [6, 6.07) is 0. The van der Waals surface area contributed by atoms with Crippen LogP contribution >= 0.6 is 0 Å². The normalized spacial score (nSPS) is 41.9. The average molecular weight is 149 g/mol. The lowest BCUT2D eigenvalue weighted by molar-refractivity contribution is 0.242. The van der Waals surface area contributed by atoms with E-state index in [0.29, 0.717) is 5.41 Å². The lowest BCUT2D eigenvalue weighted by Crippen LogP contribution is -2.24. The molecule has 2 bridgehead atoms. The Labute approximate surface area is 69.7 Å². The Hall–Kier alpha value is -0.260. The molecule has 0 heterocycles. The maximum atomic E-state index is 2.55. The highest BCUT2D eigenvalue weighted by atomic mass is 14.5. The fourth-order valence-corrected chi connectivity index (χ4v) is 2.51. The molecule has 0 aromatic heterocycles. The zero-order valence-corrected chi connectivity index (χ0v) is 7.67. The molecule has 0 heteroatoms. The molecule has 3 unspecified atom stereocenters. The molecule has 11 heavy (non-hydrogen) atoms. The van der Waals surface area contributed by atoms with E-state index in [1.165, 1.54) is 6.42 Å².